The Morgan fingerprint density at radius 1 is 1.05 bits per heavy atom. The van der Waals surface area contributed by atoms with E-state index < -0.39 is 0 Å². The Morgan fingerprint density at radius 3 is 2.75 bits per heavy atom. The molecule has 100 valence electrons. The highest BCUT2D eigenvalue weighted by molar-refractivity contribution is 6.30. The molecule has 0 fully saturated rings. The molecule has 0 saturated carbocycles. The Hall–Kier alpha value is -1.90. The fourth-order valence-corrected chi connectivity index (χ4v) is 2.69. The minimum atomic E-state index is 0.757. The molecule has 0 bridgehead atoms. The summed E-state index contributed by atoms with van der Waals surface area (Å²) in [5.41, 5.74) is 3.50. The molecule has 3 aromatic rings. The minimum absolute atomic E-state index is 0.757. The largest absolute Gasteiger partial charge is 0.316 e. The molecule has 1 heterocycles. The van der Waals surface area contributed by atoms with Gasteiger partial charge in [0.1, 0.15) is 0 Å². The Bertz CT molecular complexity index is 748. The molecular formula is C17H15ClN2. The number of pyridine rings is 1. The van der Waals surface area contributed by atoms with Gasteiger partial charge in [0.05, 0.1) is 0 Å². The summed E-state index contributed by atoms with van der Waals surface area (Å²) in [6.07, 6.45) is 3.82. The molecule has 0 saturated heterocycles. The lowest BCUT2D eigenvalue weighted by molar-refractivity contribution is 0.819. The van der Waals surface area contributed by atoms with Crippen LogP contribution in [0.5, 0.6) is 0 Å². The van der Waals surface area contributed by atoms with Gasteiger partial charge in [0.15, 0.2) is 0 Å². The maximum Gasteiger partial charge on any atom is 0.0409 e. The van der Waals surface area contributed by atoms with Gasteiger partial charge in [0.2, 0.25) is 0 Å². The zero-order valence-electron chi connectivity index (χ0n) is 11.2. The van der Waals surface area contributed by atoms with Crippen molar-refractivity contribution in [1.82, 2.24) is 10.3 Å². The third-order valence-corrected chi connectivity index (χ3v) is 3.63. The van der Waals surface area contributed by atoms with E-state index in [1.165, 1.54) is 16.5 Å². The van der Waals surface area contributed by atoms with E-state index in [1.54, 1.807) is 0 Å². The summed E-state index contributed by atoms with van der Waals surface area (Å²) in [6, 6.07) is 14.3. The first-order valence-electron chi connectivity index (χ1n) is 6.56. The Labute approximate surface area is 123 Å². The number of rotatable bonds is 3. The fraction of sp³-hybridized carbons (Fsp3) is 0.118. The first-order chi connectivity index (χ1) is 9.79. The Balaban J connectivity index is 2.25. The lowest BCUT2D eigenvalue weighted by Crippen LogP contribution is -2.06. The second-order valence-electron chi connectivity index (χ2n) is 4.74. The van der Waals surface area contributed by atoms with E-state index in [9.17, 15) is 0 Å². The van der Waals surface area contributed by atoms with Crippen molar-refractivity contribution in [2.45, 2.75) is 6.54 Å². The van der Waals surface area contributed by atoms with Crippen LogP contribution in [0, 0.1) is 0 Å². The van der Waals surface area contributed by atoms with Gasteiger partial charge in [-0.1, -0.05) is 41.9 Å². The number of halogens is 1. The summed E-state index contributed by atoms with van der Waals surface area (Å²) in [5, 5.41) is 6.31. The van der Waals surface area contributed by atoms with Crippen LogP contribution in [-0.4, -0.2) is 12.0 Å². The van der Waals surface area contributed by atoms with Crippen LogP contribution in [0.25, 0.3) is 21.9 Å². The summed E-state index contributed by atoms with van der Waals surface area (Å²) < 4.78 is 0. The van der Waals surface area contributed by atoms with Crippen molar-refractivity contribution in [2.75, 3.05) is 7.05 Å². The van der Waals surface area contributed by atoms with Gasteiger partial charge in [-0.3, -0.25) is 4.98 Å². The maximum absolute atomic E-state index is 6.11. The first-order valence-corrected chi connectivity index (χ1v) is 6.93. The van der Waals surface area contributed by atoms with Gasteiger partial charge in [-0.2, -0.15) is 0 Å². The zero-order chi connectivity index (χ0) is 13.9. The number of fused-ring (bicyclic) bond motifs is 1. The molecule has 0 aliphatic carbocycles. The van der Waals surface area contributed by atoms with E-state index in [0.717, 1.165) is 22.5 Å². The molecule has 20 heavy (non-hydrogen) atoms. The number of nitrogens with zero attached hydrogens (tertiary/aromatic N) is 1. The van der Waals surface area contributed by atoms with Crippen molar-refractivity contribution >= 4 is 22.4 Å². The summed E-state index contributed by atoms with van der Waals surface area (Å²) in [7, 11) is 1.94. The number of aromatic nitrogens is 1. The van der Waals surface area contributed by atoms with Crippen molar-refractivity contribution in [2.24, 2.45) is 0 Å². The average molecular weight is 283 g/mol. The SMILES string of the molecule is CNCc1cc(Cl)ccc1-c1cncc2ccccc12. The van der Waals surface area contributed by atoms with Crippen LogP contribution in [0.4, 0.5) is 0 Å². The molecule has 2 nitrogen and oxygen atoms in total. The topological polar surface area (TPSA) is 24.9 Å². The zero-order valence-corrected chi connectivity index (χ0v) is 12.0. The maximum atomic E-state index is 6.11. The number of nitrogens with one attached hydrogen (secondary N) is 1. The Kier molecular flexibility index (Phi) is 3.68. The number of benzene rings is 2. The van der Waals surface area contributed by atoms with Crippen LogP contribution in [0.2, 0.25) is 5.02 Å². The monoisotopic (exact) mass is 282 g/mol. The van der Waals surface area contributed by atoms with Crippen LogP contribution in [0.3, 0.4) is 0 Å². The first kappa shape index (κ1) is 13.1. The van der Waals surface area contributed by atoms with Crippen LogP contribution in [0.1, 0.15) is 5.56 Å². The van der Waals surface area contributed by atoms with Gasteiger partial charge in [0.25, 0.3) is 0 Å². The van der Waals surface area contributed by atoms with Crippen LogP contribution in [0.15, 0.2) is 54.9 Å². The molecule has 0 spiro atoms. The molecule has 0 aliphatic heterocycles. The molecule has 1 N–H and O–H groups in total. The van der Waals surface area contributed by atoms with Crippen molar-refractivity contribution in [3.63, 3.8) is 0 Å². The quantitative estimate of drug-likeness (QED) is 0.776. The van der Waals surface area contributed by atoms with Gasteiger partial charge < -0.3 is 5.32 Å². The van der Waals surface area contributed by atoms with E-state index in [-0.39, 0.29) is 0 Å². The third-order valence-electron chi connectivity index (χ3n) is 3.39. The van der Waals surface area contributed by atoms with Gasteiger partial charge in [-0.05, 0) is 35.7 Å². The summed E-state index contributed by atoms with van der Waals surface area (Å²) in [4.78, 5) is 4.36. The van der Waals surface area contributed by atoms with Gasteiger partial charge in [-0.25, -0.2) is 0 Å². The van der Waals surface area contributed by atoms with Gasteiger partial charge in [-0.15, -0.1) is 0 Å². The summed E-state index contributed by atoms with van der Waals surface area (Å²) >= 11 is 6.11. The van der Waals surface area contributed by atoms with E-state index in [4.69, 9.17) is 11.6 Å². The molecular weight excluding hydrogens is 268 g/mol. The molecule has 0 atom stereocenters. The lowest BCUT2D eigenvalue weighted by Gasteiger charge is -2.12. The molecule has 2 aromatic carbocycles. The average Bonchev–Trinajstić information content (AvgIpc) is 2.47. The highest BCUT2D eigenvalue weighted by Gasteiger charge is 2.09. The van der Waals surface area contributed by atoms with Crippen molar-refractivity contribution < 1.29 is 0 Å². The van der Waals surface area contributed by atoms with Crippen LogP contribution >= 0.6 is 11.6 Å². The van der Waals surface area contributed by atoms with E-state index in [1.807, 2.05) is 37.6 Å². The van der Waals surface area contributed by atoms with Crippen molar-refractivity contribution in [3.8, 4) is 11.1 Å². The summed E-state index contributed by atoms with van der Waals surface area (Å²) in [5.74, 6) is 0. The van der Waals surface area contributed by atoms with E-state index in [2.05, 4.69) is 34.6 Å². The molecule has 0 aliphatic rings. The van der Waals surface area contributed by atoms with Gasteiger partial charge in [0, 0.05) is 34.9 Å². The normalized spacial score (nSPS) is 10.9. The fourth-order valence-electron chi connectivity index (χ4n) is 2.49. The minimum Gasteiger partial charge on any atom is -0.316 e. The molecule has 3 heteroatoms. The number of hydrogen-bond donors (Lipinski definition) is 1. The molecule has 0 radical (unpaired) electrons. The smallest absolute Gasteiger partial charge is 0.0409 e. The van der Waals surface area contributed by atoms with Crippen molar-refractivity contribution in [1.29, 1.82) is 0 Å². The molecule has 3 rings (SSSR count). The highest BCUT2D eigenvalue weighted by Crippen LogP contribution is 2.31. The molecule has 0 amide bonds. The second-order valence-corrected chi connectivity index (χ2v) is 5.18. The van der Waals surface area contributed by atoms with E-state index in [0.29, 0.717) is 0 Å². The molecule has 1 aromatic heterocycles. The van der Waals surface area contributed by atoms with Crippen LogP contribution in [-0.2, 0) is 6.54 Å². The van der Waals surface area contributed by atoms with Gasteiger partial charge >= 0.3 is 0 Å². The Morgan fingerprint density at radius 2 is 1.90 bits per heavy atom. The highest BCUT2D eigenvalue weighted by atomic mass is 35.5. The third kappa shape index (κ3) is 2.40. The second kappa shape index (κ2) is 5.61. The lowest BCUT2D eigenvalue weighted by atomic mass is 9.96. The van der Waals surface area contributed by atoms with Crippen molar-refractivity contribution in [3.05, 3.63) is 65.4 Å². The summed E-state index contributed by atoms with van der Waals surface area (Å²) in [6.45, 7) is 0.777. The predicted octanol–water partition coefficient (Wildman–Crippen LogP) is 4.27. The molecule has 0 unspecified atom stereocenters. The van der Waals surface area contributed by atoms with E-state index >= 15 is 0 Å². The van der Waals surface area contributed by atoms with Crippen LogP contribution < -0.4 is 5.32 Å². The standard InChI is InChI=1S/C17H15ClN2/c1-19-9-13-8-14(18)6-7-16(13)17-11-20-10-12-4-2-3-5-15(12)17/h2-8,10-11,19H,9H2,1H3. The predicted molar refractivity (Wildman–Crippen MR) is 85.0 cm³/mol. The number of hydrogen-bond acceptors (Lipinski definition) is 2.